The molecule has 0 aliphatic carbocycles. The lowest BCUT2D eigenvalue weighted by Crippen LogP contribution is -2.35. The van der Waals surface area contributed by atoms with E-state index < -0.39 is 0 Å². The Labute approximate surface area is 116 Å². The molecule has 0 saturated heterocycles. The van der Waals surface area contributed by atoms with E-state index in [1.807, 2.05) is 42.1 Å². The standard InChI is InChI=1S/C15H15N3O2/c1-11-4-5-13-12(10-11)14(19)15(18(13)20)16-6-9-17-7-2-3-8-17/h2-5,7-8,10,16H,6,9H2,1H3. The van der Waals surface area contributed by atoms with Crippen molar-refractivity contribution in [3.63, 3.8) is 0 Å². The average molecular weight is 269 g/mol. The lowest BCUT2D eigenvalue weighted by Gasteiger charge is -2.07. The van der Waals surface area contributed by atoms with Crippen molar-refractivity contribution in [3.8, 4) is 0 Å². The molecular weight excluding hydrogens is 254 g/mol. The van der Waals surface area contributed by atoms with Crippen LogP contribution in [0.15, 0.2) is 42.7 Å². The second-order valence-electron chi connectivity index (χ2n) is 4.84. The zero-order valence-electron chi connectivity index (χ0n) is 11.2. The van der Waals surface area contributed by atoms with Crippen LogP contribution < -0.4 is 5.32 Å². The van der Waals surface area contributed by atoms with Crippen molar-refractivity contribution in [1.29, 1.82) is 0 Å². The maximum Gasteiger partial charge on any atom is 0.327 e. The van der Waals surface area contributed by atoms with Gasteiger partial charge in [-0.05, 0) is 31.2 Å². The average Bonchev–Trinajstić information content (AvgIpc) is 3.02. The summed E-state index contributed by atoms with van der Waals surface area (Å²) in [4.78, 5) is 12.2. The molecule has 5 nitrogen and oxygen atoms in total. The predicted octanol–water partition coefficient (Wildman–Crippen LogP) is 1.82. The first-order valence-corrected chi connectivity index (χ1v) is 6.51. The second-order valence-corrected chi connectivity index (χ2v) is 4.84. The molecule has 20 heavy (non-hydrogen) atoms. The molecule has 0 spiro atoms. The fraction of sp³-hybridized carbons (Fsp3) is 0.200. The Morgan fingerprint density at radius 3 is 2.80 bits per heavy atom. The van der Waals surface area contributed by atoms with Gasteiger partial charge in [0, 0.05) is 12.4 Å². The van der Waals surface area contributed by atoms with Crippen LogP contribution in [0, 0.1) is 12.1 Å². The van der Waals surface area contributed by atoms with Gasteiger partial charge in [0.1, 0.15) is 12.2 Å². The molecule has 5 heteroatoms. The van der Waals surface area contributed by atoms with Gasteiger partial charge in [-0.15, -0.1) is 0 Å². The van der Waals surface area contributed by atoms with Gasteiger partial charge in [0.2, 0.25) is 0 Å². The summed E-state index contributed by atoms with van der Waals surface area (Å²) in [5, 5.41) is 15.0. The summed E-state index contributed by atoms with van der Waals surface area (Å²) in [5.41, 5.74) is 1.87. The number of hydrogen-bond donors (Lipinski definition) is 1. The van der Waals surface area contributed by atoms with E-state index in [1.54, 1.807) is 12.1 Å². The first-order valence-electron chi connectivity index (χ1n) is 6.51. The zero-order valence-corrected chi connectivity index (χ0v) is 11.2. The fourth-order valence-corrected chi connectivity index (χ4v) is 2.32. The third-order valence-electron chi connectivity index (χ3n) is 3.36. The van der Waals surface area contributed by atoms with E-state index in [0.717, 1.165) is 5.56 Å². The van der Waals surface area contributed by atoms with Gasteiger partial charge in [-0.2, -0.15) is 0 Å². The van der Waals surface area contributed by atoms with Crippen molar-refractivity contribution in [2.45, 2.75) is 13.5 Å². The van der Waals surface area contributed by atoms with E-state index in [0.29, 0.717) is 29.1 Å². The first-order chi connectivity index (χ1) is 9.66. The monoisotopic (exact) mass is 269 g/mol. The molecule has 1 N–H and O–H groups in total. The third kappa shape index (κ3) is 2.07. The predicted molar refractivity (Wildman–Crippen MR) is 76.2 cm³/mol. The van der Waals surface area contributed by atoms with Crippen molar-refractivity contribution in [2.75, 3.05) is 6.54 Å². The summed E-state index contributed by atoms with van der Waals surface area (Å²) in [5.74, 6) is -0.121. The number of Topliss-reactive ketones (excluding diaryl/α,β-unsaturated/α-hetero) is 1. The van der Waals surface area contributed by atoms with Gasteiger partial charge < -0.3 is 9.77 Å². The van der Waals surface area contributed by atoms with Crippen molar-refractivity contribution in [3.05, 3.63) is 59.1 Å². The molecule has 0 saturated carbocycles. The maximum atomic E-state index is 12.2. The molecule has 0 atom stereocenters. The molecule has 0 fully saturated rings. The minimum Gasteiger partial charge on any atom is -0.710 e. The summed E-state index contributed by atoms with van der Waals surface area (Å²) in [6.07, 6.45) is 3.88. The highest BCUT2D eigenvalue weighted by molar-refractivity contribution is 6.46. The van der Waals surface area contributed by atoms with Crippen molar-refractivity contribution in [1.82, 2.24) is 9.88 Å². The molecule has 1 aliphatic heterocycles. The molecule has 1 aromatic heterocycles. The number of nitrogens with zero attached hydrogens (tertiary/aromatic N) is 2. The second kappa shape index (κ2) is 4.85. The highest BCUT2D eigenvalue weighted by Crippen LogP contribution is 2.25. The summed E-state index contributed by atoms with van der Waals surface area (Å²) < 4.78 is 2.67. The van der Waals surface area contributed by atoms with Gasteiger partial charge >= 0.3 is 5.84 Å². The number of aryl methyl sites for hydroxylation is 1. The first kappa shape index (κ1) is 12.5. The van der Waals surface area contributed by atoms with Gasteiger partial charge in [0.25, 0.3) is 5.78 Å². The number of fused-ring (bicyclic) bond motifs is 1. The summed E-state index contributed by atoms with van der Waals surface area (Å²) in [6, 6.07) is 9.15. The van der Waals surface area contributed by atoms with Crippen molar-refractivity contribution < 1.29 is 9.53 Å². The molecule has 1 aliphatic rings. The number of carbonyl (C=O) groups is 1. The minimum absolute atomic E-state index is 0.109. The molecular formula is C15H15N3O2. The van der Waals surface area contributed by atoms with E-state index in [1.165, 1.54) is 0 Å². The van der Waals surface area contributed by atoms with E-state index in [-0.39, 0.29) is 11.6 Å². The Hall–Kier alpha value is -2.56. The lowest BCUT2D eigenvalue weighted by atomic mass is 10.1. The summed E-state index contributed by atoms with van der Waals surface area (Å²) in [7, 11) is 0. The molecule has 0 amide bonds. The quantitative estimate of drug-likeness (QED) is 0.683. The Bertz CT molecular complexity index is 687. The number of nitrogens with one attached hydrogen (secondary N) is 1. The molecule has 2 heterocycles. The fourth-order valence-electron chi connectivity index (χ4n) is 2.32. The van der Waals surface area contributed by atoms with Crippen LogP contribution in [-0.4, -0.2) is 27.5 Å². The molecule has 0 unspecified atom stereocenters. The molecule has 1 aromatic carbocycles. The van der Waals surface area contributed by atoms with Crippen LogP contribution in [0.25, 0.3) is 0 Å². The van der Waals surface area contributed by atoms with Crippen molar-refractivity contribution >= 4 is 17.3 Å². The van der Waals surface area contributed by atoms with Gasteiger partial charge in [0.15, 0.2) is 0 Å². The highest BCUT2D eigenvalue weighted by atomic mass is 16.5. The number of rotatable bonds is 3. The molecule has 102 valence electrons. The van der Waals surface area contributed by atoms with E-state index >= 15 is 0 Å². The molecule has 0 bridgehead atoms. The number of amidine groups is 1. The van der Waals surface area contributed by atoms with Gasteiger partial charge in [-0.25, -0.2) is 4.74 Å². The summed E-state index contributed by atoms with van der Waals surface area (Å²) >= 11 is 0. The Morgan fingerprint density at radius 2 is 2.05 bits per heavy atom. The number of ketones is 1. The Morgan fingerprint density at radius 1 is 1.30 bits per heavy atom. The SMILES string of the molecule is Cc1ccc2c(c1)C(=O)C(NCCn1cccc1)=[N+]2[O-]. The van der Waals surface area contributed by atoms with Crippen LogP contribution in [0.5, 0.6) is 0 Å². The minimum atomic E-state index is -0.230. The smallest absolute Gasteiger partial charge is 0.327 e. The molecule has 0 radical (unpaired) electrons. The Balaban J connectivity index is 1.74. The van der Waals surface area contributed by atoms with Crippen LogP contribution >= 0.6 is 0 Å². The number of hydrogen-bond acceptors (Lipinski definition) is 3. The Kier molecular flexibility index (Phi) is 3.02. The van der Waals surface area contributed by atoms with E-state index in [2.05, 4.69) is 5.32 Å². The number of carbonyl (C=O) groups excluding carboxylic acids is 1. The molecule has 3 rings (SSSR count). The van der Waals surface area contributed by atoms with Gasteiger partial charge in [-0.3, -0.25) is 10.1 Å². The van der Waals surface area contributed by atoms with Gasteiger partial charge in [-0.1, -0.05) is 11.6 Å². The normalized spacial score (nSPS) is 13.8. The topological polar surface area (TPSA) is 60.1 Å². The van der Waals surface area contributed by atoms with Crippen LogP contribution in [0.4, 0.5) is 5.69 Å². The van der Waals surface area contributed by atoms with Crippen LogP contribution in [0.3, 0.4) is 0 Å². The zero-order chi connectivity index (χ0) is 14.1. The maximum absolute atomic E-state index is 12.2. The third-order valence-corrected chi connectivity index (χ3v) is 3.36. The van der Waals surface area contributed by atoms with Gasteiger partial charge in [0.05, 0.1) is 12.1 Å². The summed E-state index contributed by atoms with van der Waals surface area (Å²) in [6.45, 7) is 3.13. The van der Waals surface area contributed by atoms with E-state index in [4.69, 9.17) is 0 Å². The van der Waals surface area contributed by atoms with Crippen molar-refractivity contribution in [2.24, 2.45) is 0 Å². The highest BCUT2D eigenvalue weighted by Gasteiger charge is 2.32. The van der Waals surface area contributed by atoms with Crippen LogP contribution in [-0.2, 0) is 6.54 Å². The van der Waals surface area contributed by atoms with Crippen LogP contribution in [0.2, 0.25) is 0 Å². The number of aromatic nitrogens is 1. The number of benzene rings is 1. The lowest BCUT2D eigenvalue weighted by molar-refractivity contribution is -0.358. The van der Waals surface area contributed by atoms with Crippen LogP contribution in [0.1, 0.15) is 15.9 Å². The molecule has 2 aromatic rings. The largest absolute Gasteiger partial charge is 0.710 e. The van der Waals surface area contributed by atoms with E-state index in [9.17, 15) is 10.0 Å².